The molecule has 2 rings (SSSR count). The van der Waals surface area contributed by atoms with Crippen molar-refractivity contribution < 1.29 is 30.8 Å². The Balaban J connectivity index is 2.44. The summed E-state index contributed by atoms with van der Waals surface area (Å²) in [4.78, 5) is 0. The van der Waals surface area contributed by atoms with E-state index in [1.54, 1.807) is 0 Å². The minimum absolute atomic E-state index is 0.270. The second-order valence-electron chi connectivity index (χ2n) is 9.95. The molecule has 0 aliphatic heterocycles. The Labute approximate surface area is 201 Å². The van der Waals surface area contributed by atoms with Gasteiger partial charge in [-0.3, -0.25) is 0 Å². The van der Waals surface area contributed by atoms with E-state index in [1.165, 1.54) is 38.5 Å². The van der Waals surface area contributed by atoms with Crippen molar-refractivity contribution in [1.29, 1.82) is 0 Å². The maximum atomic E-state index is 7.33. The molecule has 2 fully saturated rings. The van der Waals surface area contributed by atoms with Gasteiger partial charge in [-0.25, -0.2) is 0 Å². The molecule has 0 radical (unpaired) electrons. The predicted molar refractivity (Wildman–Crippen MR) is 132 cm³/mol. The van der Waals surface area contributed by atoms with E-state index in [-0.39, 0.29) is 12.2 Å². The molecule has 0 unspecified atom stereocenters. The van der Waals surface area contributed by atoms with Crippen LogP contribution in [-0.4, -0.2) is 28.8 Å². The fourth-order valence-electron chi connectivity index (χ4n) is 5.38. The van der Waals surface area contributed by atoms with Crippen LogP contribution in [0.15, 0.2) is 0 Å². The Hall–Kier alpha value is 0.988. The quantitative estimate of drug-likeness (QED) is 0.220. The van der Waals surface area contributed by atoms with Crippen molar-refractivity contribution in [3.05, 3.63) is 0 Å². The molecule has 0 atom stereocenters. The molecule has 184 valence electrons. The van der Waals surface area contributed by atoms with Gasteiger partial charge in [0.25, 0.3) is 0 Å². The van der Waals surface area contributed by atoms with Gasteiger partial charge < -0.3 is 0 Å². The molecular weight excluding hydrogens is 456 g/mol. The maximum absolute atomic E-state index is 7.33. The zero-order valence-electron chi connectivity index (χ0n) is 21.6. The first-order valence-electron chi connectivity index (χ1n) is 13.7. The summed E-state index contributed by atoms with van der Waals surface area (Å²) >= 11 is -3.93. The summed E-state index contributed by atoms with van der Waals surface area (Å²) in [6.45, 7) is 13.9. The fourth-order valence-corrected chi connectivity index (χ4v) is 23.3. The van der Waals surface area contributed by atoms with E-state index in [4.69, 9.17) is 12.7 Å². The molecule has 0 aromatic carbocycles. The SMILES string of the molecule is CC[Si](CC)(CC)[O][Ti]([O]C1CCCCC1)([O]C1CCCCC1)[O][Si](CC)(CC)CC. The van der Waals surface area contributed by atoms with E-state index in [9.17, 15) is 0 Å². The van der Waals surface area contributed by atoms with E-state index in [2.05, 4.69) is 41.5 Å². The van der Waals surface area contributed by atoms with Crippen LogP contribution in [0.1, 0.15) is 106 Å². The summed E-state index contributed by atoms with van der Waals surface area (Å²) in [5.41, 5.74) is 0. The van der Waals surface area contributed by atoms with E-state index in [1.807, 2.05) is 0 Å². The molecule has 0 amide bonds. The number of hydrogen-bond acceptors (Lipinski definition) is 4. The van der Waals surface area contributed by atoms with Crippen molar-refractivity contribution in [2.45, 2.75) is 154 Å². The number of rotatable bonds is 14. The Morgan fingerprint density at radius 2 is 0.806 bits per heavy atom. The first-order chi connectivity index (χ1) is 14.9. The third kappa shape index (κ3) is 8.02. The van der Waals surface area contributed by atoms with Crippen LogP contribution in [0, 0.1) is 0 Å². The summed E-state index contributed by atoms with van der Waals surface area (Å²) in [5.74, 6) is 0. The normalized spacial score (nSPS) is 20.3. The van der Waals surface area contributed by atoms with Gasteiger partial charge in [-0.2, -0.15) is 0 Å². The van der Waals surface area contributed by atoms with Crippen LogP contribution in [0.3, 0.4) is 0 Å². The molecule has 0 saturated heterocycles. The molecule has 2 aliphatic rings. The van der Waals surface area contributed by atoms with E-state index in [0.717, 1.165) is 61.9 Å². The average Bonchev–Trinajstić information content (AvgIpc) is 2.82. The van der Waals surface area contributed by atoms with Gasteiger partial charge >= 0.3 is 202 Å². The van der Waals surface area contributed by atoms with Crippen LogP contribution in [0.2, 0.25) is 36.3 Å². The van der Waals surface area contributed by atoms with Crippen molar-refractivity contribution in [2.24, 2.45) is 0 Å². The molecule has 31 heavy (non-hydrogen) atoms. The molecule has 7 heteroatoms. The topological polar surface area (TPSA) is 36.9 Å². The Morgan fingerprint density at radius 1 is 0.516 bits per heavy atom. The van der Waals surface area contributed by atoms with Crippen LogP contribution in [0.25, 0.3) is 0 Å². The predicted octanol–water partition coefficient (Wildman–Crippen LogP) is 8.54. The van der Waals surface area contributed by atoms with Gasteiger partial charge in [-0.1, -0.05) is 0 Å². The molecule has 0 bridgehead atoms. The second kappa shape index (κ2) is 13.8. The number of hydrogen-bond donors (Lipinski definition) is 0. The van der Waals surface area contributed by atoms with Crippen molar-refractivity contribution in [3.63, 3.8) is 0 Å². The van der Waals surface area contributed by atoms with Crippen LogP contribution in [0.5, 0.6) is 0 Å². The average molecular weight is 509 g/mol. The molecule has 0 N–H and O–H groups in total. The molecule has 2 saturated carbocycles. The van der Waals surface area contributed by atoms with Gasteiger partial charge in [0.15, 0.2) is 0 Å². The van der Waals surface area contributed by atoms with Crippen molar-refractivity contribution in [3.8, 4) is 0 Å². The summed E-state index contributed by atoms with van der Waals surface area (Å²) in [6.07, 6.45) is 12.8. The van der Waals surface area contributed by atoms with Crippen LogP contribution in [-0.2, 0) is 30.8 Å². The zero-order valence-corrected chi connectivity index (χ0v) is 25.2. The van der Waals surface area contributed by atoms with E-state index >= 15 is 0 Å². The van der Waals surface area contributed by atoms with E-state index < -0.39 is 34.8 Å². The second-order valence-corrected chi connectivity index (χ2v) is 23.5. The Bertz CT molecular complexity index is 427. The van der Waals surface area contributed by atoms with Crippen LogP contribution < -0.4 is 0 Å². The van der Waals surface area contributed by atoms with Gasteiger partial charge in [0, 0.05) is 0 Å². The van der Waals surface area contributed by atoms with Gasteiger partial charge in [-0.15, -0.1) is 0 Å². The Morgan fingerprint density at radius 3 is 1.06 bits per heavy atom. The molecule has 0 aromatic rings. The summed E-state index contributed by atoms with van der Waals surface area (Å²) in [5, 5.41) is 0. The first kappa shape index (κ1) is 28.2. The standard InChI is InChI=1S/2C6H15OSi.2C6H11O.Ti/c2*1-4-8(7,5-2)6-3;2*7-6-4-2-1-3-5-6;/h2*4-6H2,1-3H3;2*6H,1-5H2;/q4*-1;+4. The van der Waals surface area contributed by atoms with Gasteiger partial charge in [-0.05, 0) is 0 Å². The fraction of sp³-hybridized carbons (Fsp3) is 1.00. The van der Waals surface area contributed by atoms with Crippen LogP contribution in [0.4, 0.5) is 0 Å². The molecule has 0 aromatic heterocycles. The van der Waals surface area contributed by atoms with Gasteiger partial charge in [0.1, 0.15) is 0 Å². The van der Waals surface area contributed by atoms with Gasteiger partial charge in [0.05, 0.1) is 0 Å². The van der Waals surface area contributed by atoms with Crippen LogP contribution >= 0.6 is 0 Å². The van der Waals surface area contributed by atoms with Gasteiger partial charge in [0.2, 0.25) is 0 Å². The van der Waals surface area contributed by atoms with E-state index in [0.29, 0.717) is 0 Å². The van der Waals surface area contributed by atoms with Crippen molar-refractivity contribution >= 4 is 16.6 Å². The van der Waals surface area contributed by atoms with Crippen molar-refractivity contribution in [1.82, 2.24) is 0 Å². The van der Waals surface area contributed by atoms with Crippen molar-refractivity contribution in [2.75, 3.05) is 0 Å². The third-order valence-electron chi connectivity index (χ3n) is 8.28. The zero-order chi connectivity index (χ0) is 22.8. The monoisotopic (exact) mass is 508 g/mol. The molecule has 4 nitrogen and oxygen atoms in total. The molecular formula is C24H52O4Si2Ti. The molecule has 0 heterocycles. The summed E-state index contributed by atoms with van der Waals surface area (Å²) < 4.78 is 28.9. The Kier molecular flexibility index (Phi) is 12.5. The summed E-state index contributed by atoms with van der Waals surface area (Å²) in [7, 11) is -3.86. The third-order valence-corrected chi connectivity index (χ3v) is 25.7. The molecule has 2 aliphatic carbocycles. The summed E-state index contributed by atoms with van der Waals surface area (Å²) in [6, 6.07) is 6.73. The minimum atomic E-state index is -3.93. The molecule has 0 spiro atoms. The first-order valence-corrected chi connectivity index (χ1v) is 21.3.